The Bertz CT molecular complexity index is 968. The van der Waals surface area contributed by atoms with Crippen molar-refractivity contribution in [3.8, 4) is 5.75 Å². The number of hydrogen-bond acceptors (Lipinski definition) is 4. The number of alkyl halides is 3. The molecule has 2 aliphatic carbocycles. The summed E-state index contributed by atoms with van der Waals surface area (Å²) in [6.45, 7) is 8.54. The molecule has 3 rings (SSSR count). The predicted molar refractivity (Wildman–Crippen MR) is 131 cm³/mol. The number of halogens is 3. The lowest BCUT2D eigenvalue weighted by atomic mass is 9.57. The van der Waals surface area contributed by atoms with Gasteiger partial charge in [-0.15, -0.1) is 17.7 Å². The molecule has 0 bridgehead atoms. The summed E-state index contributed by atoms with van der Waals surface area (Å²) >= 11 is 0. The van der Waals surface area contributed by atoms with Gasteiger partial charge in [0.25, 0.3) is 0 Å². The summed E-state index contributed by atoms with van der Waals surface area (Å²) in [6, 6.07) is 4.28. The van der Waals surface area contributed by atoms with Crippen LogP contribution in [0.3, 0.4) is 0 Å². The number of benzene rings is 1. The molecule has 0 radical (unpaired) electrons. The minimum Gasteiger partial charge on any atom is -0.426 e. The molecule has 4 nitrogen and oxygen atoms in total. The first-order valence-electron chi connectivity index (χ1n) is 12.6. The Labute approximate surface area is 207 Å². The van der Waals surface area contributed by atoms with Gasteiger partial charge in [-0.3, -0.25) is 4.79 Å². The average molecular weight is 514 g/mol. The quantitative estimate of drug-likeness (QED) is 0.104. The third kappa shape index (κ3) is 7.16. The third-order valence-electron chi connectivity index (χ3n) is 7.29. The highest BCUT2D eigenvalue weighted by atomic mass is 31.1. The minimum absolute atomic E-state index is 0.00922. The van der Waals surface area contributed by atoms with Crippen molar-refractivity contribution in [3.63, 3.8) is 0 Å². The molecule has 35 heavy (non-hydrogen) atoms. The number of fused-ring (bicyclic) bond motifs is 3. The fraction of sp³-hybridized carbons (Fsp3) is 0.667. The normalized spacial score (nSPS) is 21.6. The van der Waals surface area contributed by atoms with Crippen LogP contribution in [-0.2, 0) is 26.7 Å². The van der Waals surface area contributed by atoms with Crippen molar-refractivity contribution in [3.05, 3.63) is 40.5 Å². The monoisotopic (exact) mass is 513 g/mol. The zero-order chi connectivity index (χ0) is 25.8. The Hall–Kier alpha value is -1.72. The van der Waals surface area contributed by atoms with Crippen LogP contribution in [0.25, 0.3) is 0 Å². The number of ether oxygens (including phenoxy) is 1. The van der Waals surface area contributed by atoms with Gasteiger partial charge in [-0.25, -0.2) is 0 Å². The van der Waals surface area contributed by atoms with Crippen molar-refractivity contribution >= 4 is 14.0 Å². The molecular formula is C27H37F3O4P+. The van der Waals surface area contributed by atoms with E-state index in [4.69, 9.17) is 4.74 Å². The van der Waals surface area contributed by atoms with Gasteiger partial charge in [0, 0.05) is 12.0 Å². The number of unbranched alkanes of at least 4 members (excludes halogenated alkanes) is 2. The number of esters is 1. The van der Waals surface area contributed by atoms with Crippen LogP contribution in [0, 0.1) is 11.3 Å². The number of aryl methyl sites for hydroxylation is 1. The molecule has 0 amide bonds. The number of carbonyl (C=O) groups is 1. The van der Waals surface area contributed by atoms with Crippen LogP contribution in [-0.4, -0.2) is 18.5 Å². The van der Waals surface area contributed by atoms with Gasteiger partial charge < -0.3 is 4.74 Å². The Morgan fingerprint density at radius 1 is 1.20 bits per heavy atom. The van der Waals surface area contributed by atoms with E-state index in [1.165, 1.54) is 11.1 Å². The van der Waals surface area contributed by atoms with Gasteiger partial charge in [0.05, 0.1) is 0 Å². The largest absolute Gasteiger partial charge is 0.639 e. The summed E-state index contributed by atoms with van der Waals surface area (Å²) in [4.78, 5) is 12.7. The lowest BCUT2D eigenvalue weighted by Crippen LogP contribution is -2.38. The summed E-state index contributed by atoms with van der Waals surface area (Å²) in [5.41, 5.74) is 4.99. The summed E-state index contributed by atoms with van der Waals surface area (Å²) in [6.07, 6.45) is 9.31. The van der Waals surface area contributed by atoms with Gasteiger partial charge in [-0.1, -0.05) is 51.3 Å². The first kappa shape index (κ1) is 27.9. The maximum atomic E-state index is 12.7. The molecule has 8 heteroatoms. The number of allylic oxidation sites excluding steroid dienone is 2. The van der Waals surface area contributed by atoms with E-state index in [2.05, 4.69) is 44.4 Å². The second-order valence-electron chi connectivity index (χ2n) is 10.6. The van der Waals surface area contributed by atoms with Crippen LogP contribution in [0.1, 0.15) is 95.2 Å². The second kappa shape index (κ2) is 11.6. The second-order valence-corrected chi connectivity index (χ2v) is 11.9. The van der Waals surface area contributed by atoms with E-state index in [1.807, 2.05) is 6.07 Å². The van der Waals surface area contributed by atoms with Crippen LogP contribution in [0.4, 0.5) is 13.2 Å². The molecule has 0 saturated carbocycles. The van der Waals surface area contributed by atoms with Crippen LogP contribution in [0.2, 0.25) is 0 Å². The molecule has 0 N–H and O–H groups in total. The molecule has 2 aliphatic rings. The van der Waals surface area contributed by atoms with E-state index in [1.54, 1.807) is 0 Å². The summed E-state index contributed by atoms with van der Waals surface area (Å²) in [7, 11) is -3.75. The number of hydrogen-bond donors (Lipinski definition) is 0. The highest BCUT2D eigenvalue weighted by molar-refractivity contribution is 7.40. The lowest BCUT2D eigenvalue weighted by Gasteiger charge is -2.47. The zero-order valence-corrected chi connectivity index (χ0v) is 22.1. The highest BCUT2D eigenvalue weighted by Crippen LogP contribution is 2.55. The maximum Gasteiger partial charge on any atom is 0.639 e. The molecule has 3 atom stereocenters. The SMILES string of the molecule is CCCCCc1cc2c(c(OC(=O)CCCO[P+](=O)C(F)(F)F)c1)C1CC(C)=CC[C@H]1C(C)(C)C2. The van der Waals surface area contributed by atoms with Gasteiger partial charge in [0.2, 0.25) is 0 Å². The first-order chi connectivity index (χ1) is 16.4. The van der Waals surface area contributed by atoms with Gasteiger partial charge in [0.1, 0.15) is 12.4 Å². The molecule has 0 fully saturated rings. The topological polar surface area (TPSA) is 52.6 Å². The van der Waals surface area contributed by atoms with Crippen molar-refractivity contribution in [1.82, 2.24) is 0 Å². The minimum atomic E-state index is -4.88. The van der Waals surface area contributed by atoms with Gasteiger partial charge >= 0.3 is 19.9 Å². The van der Waals surface area contributed by atoms with E-state index < -0.39 is 26.5 Å². The molecule has 1 aromatic rings. The Morgan fingerprint density at radius 2 is 1.94 bits per heavy atom. The summed E-state index contributed by atoms with van der Waals surface area (Å²) < 4.78 is 58.3. The first-order valence-corrected chi connectivity index (χ1v) is 13.8. The standard InChI is InChI=1S/C27H37F3O4P/c1-5-6-7-9-19-15-20-17-26(3,4)22-12-11-18(2)14-21(22)25(20)23(16-19)34-24(31)10-8-13-33-35(32)27(28,29)30/h11,15-16,21-22H,5-10,12-14,17H2,1-4H3/q+1/t21?,22-/m1/s1. The van der Waals surface area contributed by atoms with Crippen molar-refractivity contribution in [2.45, 2.75) is 97.3 Å². The zero-order valence-electron chi connectivity index (χ0n) is 21.2. The Kier molecular flexibility index (Phi) is 9.20. The van der Waals surface area contributed by atoms with Crippen LogP contribution in [0.15, 0.2) is 23.8 Å². The molecule has 0 saturated heterocycles. The molecule has 194 valence electrons. The molecule has 0 aromatic heterocycles. The fourth-order valence-corrected chi connectivity index (χ4v) is 6.03. The van der Waals surface area contributed by atoms with Crippen molar-refractivity contribution in [1.29, 1.82) is 0 Å². The van der Waals surface area contributed by atoms with E-state index in [0.717, 1.165) is 56.1 Å². The van der Waals surface area contributed by atoms with E-state index in [-0.39, 0.29) is 24.2 Å². The van der Waals surface area contributed by atoms with Gasteiger partial charge in [-0.05, 0) is 84.5 Å². The lowest BCUT2D eigenvalue weighted by molar-refractivity contribution is -0.134. The molecular weight excluding hydrogens is 476 g/mol. The Balaban J connectivity index is 1.80. The van der Waals surface area contributed by atoms with Gasteiger partial charge in [-0.2, -0.15) is 0 Å². The predicted octanol–water partition coefficient (Wildman–Crippen LogP) is 8.41. The molecule has 2 unspecified atom stereocenters. The smallest absolute Gasteiger partial charge is 0.426 e. The van der Waals surface area contributed by atoms with Crippen molar-refractivity contribution < 1.29 is 31.8 Å². The highest BCUT2D eigenvalue weighted by Gasteiger charge is 2.55. The third-order valence-corrected chi connectivity index (χ3v) is 8.12. The fourth-order valence-electron chi connectivity index (χ4n) is 5.59. The van der Waals surface area contributed by atoms with Crippen LogP contribution >= 0.6 is 8.03 Å². The van der Waals surface area contributed by atoms with Gasteiger partial charge in [0.15, 0.2) is 0 Å². The van der Waals surface area contributed by atoms with E-state index >= 15 is 0 Å². The molecule has 0 spiro atoms. The molecule has 0 aliphatic heterocycles. The maximum absolute atomic E-state index is 12.7. The number of rotatable bonds is 10. The molecule has 1 aromatic carbocycles. The summed E-state index contributed by atoms with van der Waals surface area (Å²) in [5.74, 6) is -4.07. The summed E-state index contributed by atoms with van der Waals surface area (Å²) in [5, 5.41) is 0. The van der Waals surface area contributed by atoms with E-state index in [9.17, 15) is 22.5 Å². The molecule has 0 heterocycles. The van der Waals surface area contributed by atoms with Crippen LogP contribution in [0.5, 0.6) is 5.75 Å². The van der Waals surface area contributed by atoms with Crippen LogP contribution < -0.4 is 4.74 Å². The van der Waals surface area contributed by atoms with E-state index in [0.29, 0.717) is 11.7 Å². The van der Waals surface area contributed by atoms with Crippen molar-refractivity contribution in [2.24, 2.45) is 11.3 Å². The van der Waals surface area contributed by atoms with Crippen molar-refractivity contribution in [2.75, 3.05) is 6.61 Å². The Morgan fingerprint density at radius 3 is 2.63 bits per heavy atom. The number of carbonyl (C=O) groups excluding carboxylic acids is 1. The average Bonchev–Trinajstić information content (AvgIpc) is 2.75.